The van der Waals surface area contributed by atoms with Gasteiger partial charge in [0.1, 0.15) is 0 Å². The van der Waals surface area contributed by atoms with Crippen LogP contribution >= 0.6 is 0 Å². The highest BCUT2D eigenvalue weighted by atomic mass is 15.1. The number of nitrogens with zero attached hydrogens (tertiary/aromatic N) is 2. The van der Waals surface area contributed by atoms with Crippen molar-refractivity contribution in [3.8, 4) is 0 Å². The second-order valence-corrected chi connectivity index (χ2v) is 5.28. The van der Waals surface area contributed by atoms with Crippen molar-refractivity contribution in [2.75, 3.05) is 46.3 Å². The first kappa shape index (κ1) is 11.4. The van der Waals surface area contributed by atoms with E-state index in [1.807, 2.05) is 0 Å². The highest BCUT2D eigenvalue weighted by Crippen LogP contribution is 2.30. The molecule has 2 N–H and O–H groups in total. The first-order valence-corrected chi connectivity index (χ1v) is 6.40. The van der Waals surface area contributed by atoms with E-state index in [4.69, 9.17) is 5.73 Å². The van der Waals surface area contributed by atoms with Gasteiger partial charge in [-0.05, 0) is 57.8 Å². The molecule has 0 spiro atoms. The van der Waals surface area contributed by atoms with Gasteiger partial charge >= 0.3 is 0 Å². The van der Waals surface area contributed by atoms with Gasteiger partial charge in [0.2, 0.25) is 0 Å². The molecule has 2 aliphatic heterocycles. The summed E-state index contributed by atoms with van der Waals surface area (Å²) in [4.78, 5) is 5.01. The molecule has 2 aliphatic rings. The lowest BCUT2D eigenvalue weighted by Gasteiger charge is -2.34. The zero-order chi connectivity index (χ0) is 10.7. The molecule has 3 heteroatoms. The number of hydrogen-bond donors (Lipinski definition) is 1. The van der Waals surface area contributed by atoms with Crippen LogP contribution in [0.2, 0.25) is 0 Å². The van der Waals surface area contributed by atoms with E-state index in [1.54, 1.807) is 0 Å². The van der Waals surface area contributed by atoms with Crippen LogP contribution in [0.1, 0.15) is 19.3 Å². The largest absolute Gasteiger partial charge is 0.329 e. The molecule has 0 aromatic heterocycles. The highest BCUT2D eigenvalue weighted by molar-refractivity contribution is 4.83. The van der Waals surface area contributed by atoms with Crippen molar-refractivity contribution in [2.45, 2.75) is 19.3 Å². The van der Waals surface area contributed by atoms with Gasteiger partial charge in [-0.25, -0.2) is 0 Å². The van der Waals surface area contributed by atoms with Gasteiger partial charge in [-0.1, -0.05) is 0 Å². The van der Waals surface area contributed by atoms with Crippen LogP contribution in [0.25, 0.3) is 0 Å². The van der Waals surface area contributed by atoms with Crippen LogP contribution in [0.5, 0.6) is 0 Å². The van der Waals surface area contributed by atoms with Crippen LogP contribution in [-0.2, 0) is 0 Å². The maximum Gasteiger partial charge on any atom is 0.0105 e. The Labute approximate surface area is 93.6 Å². The quantitative estimate of drug-likeness (QED) is 0.742. The van der Waals surface area contributed by atoms with Gasteiger partial charge in [0.15, 0.2) is 0 Å². The summed E-state index contributed by atoms with van der Waals surface area (Å²) in [5.41, 5.74) is 5.59. The number of nitrogens with two attached hydrogens (primary N) is 1. The van der Waals surface area contributed by atoms with Gasteiger partial charge in [-0.15, -0.1) is 0 Å². The second kappa shape index (κ2) is 5.28. The molecule has 88 valence electrons. The molecular formula is C12H25N3. The van der Waals surface area contributed by atoms with Crippen LogP contribution < -0.4 is 5.73 Å². The van der Waals surface area contributed by atoms with Crippen molar-refractivity contribution in [3.63, 3.8) is 0 Å². The minimum absolute atomic E-state index is 0.816. The van der Waals surface area contributed by atoms with E-state index in [0.717, 1.165) is 24.9 Å². The Hall–Kier alpha value is -0.120. The van der Waals surface area contributed by atoms with Gasteiger partial charge in [0.05, 0.1) is 0 Å². The fourth-order valence-corrected chi connectivity index (χ4v) is 3.18. The standard InChI is InChI=1S/C12H25N3/c1-14-6-2-12(10-14)11-3-7-15(8-4-11)9-5-13/h11-12H,2-10,13H2,1H3. The van der Waals surface area contributed by atoms with E-state index in [0.29, 0.717) is 0 Å². The van der Waals surface area contributed by atoms with Crippen molar-refractivity contribution in [2.24, 2.45) is 17.6 Å². The Morgan fingerprint density at radius 1 is 1.07 bits per heavy atom. The minimum atomic E-state index is 0.816. The molecule has 0 radical (unpaired) electrons. The van der Waals surface area contributed by atoms with E-state index >= 15 is 0 Å². The zero-order valence-electron chi connectivity index (χ0n) is 9.99. The Bertz CT molecular complexity index is 187. The summed E-state index contributed by atoms with van der Waals surface area (Å²) in [6, 6.07) is 0. The lowest BCUT2D eigenvalue weighted by atomic mass is 9.84. The SMILES string of the molecule is CN1CCC(C2CCN(CCN)CC2)C1. The average Bonchev–Trinajstić information content (AvgIpc) is 2.67. The third kappa shape index (κ3) is 2.92. The monoisotopic (exact) mass is 211 g/mol. The summed E-state index contributed by atoms with van der Waals surface area (Å²) >= 11 is 0. The Morgan fingerprint density at radius 3 is 2.27 bits per heavy atom. The first-order valence-electron chi connectivity index (χ1n) is 6.40. The molecule has 2 rings (SSSR count). The summed E-state index contributed by atoms with van der Waals surface area (Å²) in [5.74, 6) is 1.97. The van der Waals surface area contributed by atoms with Crippen molar-refractivity contribution >= 4 is 0 Å². The molecule has 2 fully saturated rings. The Morgan fingerprint density at radius 2 is 1.73 bits per heavy atom. The molecule has 0 aromatic carbocycles. The molecule has 15 heavy (non-hydrogen) atoms. The Kier molecular flexibility index (Phi) is 4.00. The van der Waals surface area contributed by atoms with Crippen molar-refractivity contribution < 1.29 is 0 Å². The van der Waals surface area contributed by atoms with Crippen LogP contribution in [0.15, 0.2) is 0 Å². The van der Waals surface area contributed by atoms with E-state index < -0.39 is 0 Å². The maximum absolute atomic E-state index is 5.59. The number of rotatable bonds is 3. The van der Waals surface area contributed by atoms with Crippen molar-refractivity contribution in [3.05, 3.63) is 0 Å². The van der Waals surface area contributed by atoms with Gasteiger partial charge in [-0.3, -0.25) is 0 Å². The lowest BCUT2D eigenvalue weighted by molar-refractivity contribution is 0.151. The molecule has 0 aliphatic carbocycles. The normalized spacial score (nSPS) is 31.2. The molecule has 3 nitrogen and oxygen atoms in total. The maximum atomic E-state index is 5.59. The van der Waals surface area contributed by atoms with Gasteiger partial charge < -0.3 is 15.5 Å². The summed E-state index contributed by atoms with van der Waals surface area (Å²) < 4.78 is 0. The third-order valence-corrected chi connectivity index (χ3v) is 4.17. The van der Waals surface area contributed by atoms with Crippen molar-refractivity contribution in [1.82, 2.24) is 9.80 Å². The van der Waals surface area contributed by atoms with E-state index in [9.17, 15) is 0 Å². The molecule has 0 amide bonds. The van der Waals surface area contributed by atoms with E-state index in [1.165, 1.54) is 45.4 Å². The predicted octanol–water partition coefficient (Wildman–Crippen LogP) is 0.609. The molecule has 0 saturated carbocycles. The smallest absolute Gasteiger partial charge is 0.0105 e. The van der Waals surface area contributed by atoms with Crippen LogP contribution in [0.4, 0.5) is 0 Å². The molecule has 0 aromatic rings. The van der Waals surface area contributed by atoms with Crippen LogP contribution in [0, 0.1) is 11.8 Å². The molecule has 2 heterocycles. The van der Waals surface area contributed by atoms with Gasteiger partial charge in [0.25, 0.3) is 0 Å². The molecule has 0 bridgehead atoms. The summed E-state index contributed by atoms with van der Waals surface area (Å²) in [7, 11) is 2.25. The topological polar surface area (TPSA) is 32.5 Å². The van der Waals surface area contributed by atoms with Crippen molar-refractivity contribution in [1.29, 1.82) is 0 Å². The minimum Gasteiger partial charge on any atom is -0.329 e. The molecule has 1 atom stereocenters. The number of piperidine rings is 1. The zero-order valence-corrected chi connectivity index (χ0v) is 9.99. The highest BCUT2D eigenvalue weighted by Gasteiger charge is 2.30. The third-order valence-electron chi connectivity index (χ3n) is 4.17. The summed E-state index contributed by atoms with van der Waals surface area (Å²) in [5, 5.41) is 0. The lowest BCUT2D eigenvalue weighted by Crippen LogP contribution is -2.39. The predicted molar refractivity (Wildman–Crippen MR) is 63.8 cm³/mol. The van der Waals surface area contributed by atoms with Gasteiger partial charge in [0, 0.05) is 19.6 Å². The number of likely N-dealkylation sites (tertiary alicyclic amines) is 2. The van der Waals surface area contributed by atoms with E-state index in [-0.39, 0.29) is 0 Å². The molecular weight excluding hydrogens is 186 g/mol. The summed E-state index contributed by atoms with van der Waals surface area (Å²) in [6.45, 7) is 7.12. The van der Waals surface area contributed by atoms with E-state index in [2.05, 4.69) is 16.8 Å². The first-order chi connectivity index (χ1) is 7.29. The molecule has 2 saturated heterocycles. The fraction of sp³-hybridized carbons (Fsp3) is 1.00. The Balaban J connectivity index is 1.73. The second-order valence-electron chi connectivity index (χ2n) is 5.28. The average molecular weight is 211 g/mol. The van der Waals surface area contributed by atoms with Gasteiger partial charge in [-0.2, -0.15) is 0 Å². The molecule has 1 unspecified atom stereocenters. The van der Waals surface area contributed by atoms with Crippen LogP contribution in [-0.4, -0.2) is 56.1 Å². The summed E-state index contributed by atoms with van der Waals surface area (Å²) in [6.07, 6.45) is 4.23. The fourth-order valence-electron chi connectivity index (χ4n) is 3.18. The van der Waals surface area contributed by atoms with Crippen LogP contribution in [0.3, 0.4) is 0 Å². The number of hydrogen-bond acceptors (Lipinski definition) is 3.